The number of unbranched alkanes of at least 4 members (excludes halogenated alkanes) is 3. The van der Waals surface area contributed by atoms with Crippen molar-refractivity contribution < 1.29 is 0 Å². The highest BCUT2D eigenvalue weighted by molar-refractivity contribution is 7.57. The maximum atomic E-state index is 2.73. The zero-order chi connectivity index (χ0) is 14.2. The van der Waals surface area contributed by atoms with Crippen LogP contribution in [0.4, 0.5) is 0 Å². The van der Waals surface area contributed by atoms with Gasteiger partial charge in [0.15, 0.2) is 0 Å². The Kier molecular flexibility index (Phi) is 21.0. The van der Waals surface area contributed by atoms with Crippen molar-refractivity contribution in [2.45, 2.75) is 85.2 Å². The Labute approximate surface area is 121 Å². The third kappa shape index (κ3) is 19.2. The number of hydrogen-bond donors (Lipinski definition) is 0. The van der Waals surface area contributed by atoms with E-state index in [1.54, 1.807) is 18.5 Å². The van der Waals surface area contributed by atoms with Gasteiger partial charge in [-0.05, 0) is 43.4 Å². The Hall–Kier alpha value is 0.860. The van der Waals surface area contributed by atoms with Crippen LogP contribution in [0.3, 0.4) is 0 Å². The topological polar surface area (TPSA) is 0 Å². The molecule has 2 heteroatoms. The van der Waals surface area contributed by atoms with E-state index in [-0.39, 0.29) is 0 Å². The number of hydrogen-bond acceptors (Lipinski definition) is 0. The van der Waals surface area contributed by atoms with Crippen molar-refractivity contribution in [1.82, 2.24) is 0 Å². The van der Waals surface area contributed by atoms with E-state index in [1.807, 2.05) is 0 Å². The molecule has 0 aliphatic carbocycles. The molecule has 0 saturated heterocycles. The fourth-order valence-corrected chi connectivity index (χ4v) is 4.44. The van der Waals surface area contributed by atoms with E-state index in [0.29, 0.717) is 7.92 Å². The summed E-state index contributed by atoms with van der Waals surface area (Å²) in [5.74, 6) is 0. The fraction of sp³-hybridized carbons (Fsp3) is 1.00. The van der Waals surface area contributed by atoms with Crippen LogP contribution < -0.4 is 0 Å². The summed E-state index contributed by atoms with van der Waals surface area (Å²) in [4.78, 5) is 0. The quantitative estimate of drug-likeness (QED) is 0.402. The molecular weight excluding hydrogens is 254 g/mol. The monoisotopic (exact) mass is 292 g/mol. The molecule has 2 unspecified atom stereocenters. The van der Waals surface area contributed by atoms with Crippen molar-refractivity contribution in [1.29, 1.82) is 0 Å². The summed E-state index contributed by atoms with van der Waals surface area (Å²) in [6, 6.07) is 0. The summed E-state index contributed by atoms with van der Waals surface area (Å²) in [6.07, 6.45) is 14.5. The zero-order valence-electron chi connectivity index (χ0n) is 13.7. The lowest BCUT2D eigenvalue weighted by molar-refractivity contribution is 0.847. The van der Waals surface area contributed by atoms with Gasteiger partial charge in [0.25, 0.3) is 0 Å². The Bertz CT molecular complexity index is 116. The third-order valence-corrected chi connectivity index (χ3v) is 6.45. The van der Waals surface area contributed by atoms with Crippen LogP contribution in [0.5, 0.6) is 0 Å². The molecular formula is C16H38P2. The van der Waals surface area contributed by atoms with Crippen LogP contribution in [-0.4, -0.2) is 24.1 Å². The molecule has 0 aromatic carbocycles. The summed E-state index contributed by atoms with van der Waals surface area (Å²) in [6.45, 7) is 11.3. The van der Waals surface area contributed by atoms with Crippen LogP contribution in [0.25, 0.3) is 0 Å². The minimum Gasteiger partial charge on any atom is -0.135 e. The van der Waals surface area contributed by atoms with E-state index in [4.69, 9.17) is 0 Å². The molecule has 0 N–H and O–H groups in total. The van der Waals surface area contributed by atoms with E-state index in [0.717, 1.165) is 5.66 Å². The van der Waals surface area contributed by atoms with Crippen molar-refractivity contribution in [3.05, 3.63) is 0 Å². The van der Waals surface area contributed by atoms with Crippen molar-refractivity contribution in [3.63, 3.8) is 0 Å². The van der Waals surface area contributed by atoms with Gasteiger partial charge in [-0.2, -0.15) is 0 Å². The Morgan fingerprint density at radius 2 is 1.06 bits per heavy atom. The van der Waals surface area contributed by atoms with Gasteiger partial charge in [-0.3, -0.25) is 0 Å². The highest BCUT2D eigenvalue weighted by atomic mass is 31.1. The van der Waals surface area contributed by atoms with E-state index in [9.17, 15) is 0 Å². The lowest BCUT2D eigenvalue weighted by Gasteiger charge is -2.16. The first-order chi connectivity index (χ1) is 8.62. The second-order valence-corrected chi connectivity index (χ2v) is 9.11. The molecule has 0 saturated carbocycles. The normalized spacial score (nSPS) is 12.2. The van der Waals surface area contributed by atoms with Gasteiger partial charge >= 0.3 is 0 Å². The SMILES string of the molecule is CCC(C)P.CCCCP(CCCC)CCCC. The van der Waals surface area contributed by atoms with Crippen LogP contribution in [0.1, 0.15) is 79.6 Å². The fourth-order valence-electron chi connectivity index (χ4n) is 1.48. The van der Waals surface area contributed by atoms with Gasteiger partial charge in [0.05, 0.1) is 0 Å². The van der Waals surface area contributed by atoms with Crippen molar-refractivity contribution in [3.8, 4) is 0 Å². The highest BCUT2D eigenvalue weighted by Gasteiger charge is 2.05. The molecule has 0 amide bonds. The van der Waals surface area contributed by atoms with Crippen LogP contribution in [0.15, 0.2) is 0 Å². The Balaban J connectivity index is 0. The summed E-state index contributed by atoms with van der Waals surface area (Å²) in [5.41, 5.74) is 0.801. The lowest BCUT2D eigenvalue weighted by Crippen LogP contribution is -1.95. The predicted molar refractivity (Wildman–Crippen MR) is 95.7 cm³/mol. The average molecular weight is 292 g/mol. The van der Waals surface area contributed by atoms with Gasteiger partial charge in [0.1, 0.15) is 0 Å². The molecule has 0 aromatic heterocycles. The standard InChI is InChI=1S/C12H27P.C4H11P/c1-4-7-10-13(11-8-5-2)12-9-6-3;1-3-4(2)5/h4-12H2,1-3H3;4H,3,5H2,1-2H3. The minimum atomic E-state index is 0.422. The molecule has 0 heterocycles. The summed E-state index contributed by atoms with van der Waals surface area (Å²) < 4.78 is 0. The maximum Gasteiger partial charge on any atom is -0.0295 e. The summed E-state index contributed by atoms with van der Waals surface area (Å²) in [5, 5.41) is 0. The second kappa shape index (κ2) is 17.9. The molecule has 0 rings (SSSR count). The van der Waals surface area contributed by atoms with Gasteiger partial charge in [0, 0.05) is 0 Å². The lowest BCUT2D eigenvalue weighted by atomic mass is 10.4. The molecule has 2 atom stereocenters. The van der Waals surface area contributed by atoms with Crippen molar-refractivity contribution >= 4 is 17.2 Å². The van der Waals surface area contributed by atoms with Crippen LogP contribution in [-0.2, 0) is 0 Å². The van der Waals surface area contributed by atoms with E-state index in [2.05, 4.69) is 43.9 Å². The smallest absolute Gasteiger partial charge is 0.0295 e. The van der Waals surface area contributed by atoms with E-state index < -0.39 is 0 Å². The molecule has 0 radical (unpaired) electrons. The van der Waals surface area contributed by atoms with Gasteiger partial charge < -0.3 is 0 Å². The van der Waals surface area contributed by atoms with Crippen LogP contribution in [0.2, 0.25) is 0 Å². The molecule has 0 fully saturated rings. The summed E-state index contributed by atoms with van der Waals surface area (Å²) in [7, 11) is 3.16. The average Bonchev–Trinajstić information content (AvgIpc) is 2.38. The molecule has 0 aliphatic heterocycles. The summed E-state index contributed by atoms with van der Waals surface area (Å²) >= 11 is 0. The van der Waals surface area contributed by atoms with E-state index >= 15 is 0 Å². The Morgan fingerprint density at radius 1 is 0.778 bits per heavy atom. The second-order valence-electron chi connectivity index (χ2n) is 5.29. The van der Waals surface area contributed by atoms with Crippen molar-refractivity contribution in [2.24, 2.45) is 0 Å². The van der Waals surface area contributed by atoms with Gasteiger partial charge in [-0.15, -0.1) is 17.2 Å². The Morgan fingerprint density at radius 3 is 1.22 bits per heavy atom. The number of rotatable bonds is 10. The van der Waals surface area contributed by atoms with Gasteiger partial charge in [-0.25, -0.2) is 0 Å². The molecule has 18 heavy (non-hydrogen) atoms. The molecule has 0 bridgehead atoms. The molecule has 0 nitrogen and oxygen atoms in total. The van der Waals surface area contributed by atoms with Crippen molar-refractivity contribution in [2.75, 3.05) is 18.5 Å². The van der Waals surface area contributed by atoms with Gasteiger partial charge in [0.2, 0.25) is 0 Å². The first kappa shape index (κ1) is 21.2. The first-order valence-electron chi connectivity index (χ1n) is 8.10. The zero-order valence-corrected chi connectivity index (χ0v) is 15.7. The largest absolute Gasteiger partial charge is 0.135 e. The maximum absolute atomic E-state index is 2.73. The minimum absolute atomic E-state index is 0.422. The highest BCUT2D eigenvalue weighted by Crippen LogP contribution is 2.38. The third-order valence-electron chi connectivity index (χ3n) is 3.13. The van der Waals surface area contributed by atoms with Crippen LogP contribution >= 0.6 is 17.2 Å². The predicted octanol–water partition coefficient (Wildman–Crippen LogP) is 6.53. The molecule has 112 valence electrons. The molecule has 0 aromatic rings. The van der Waals surface area contributed by atoms with E-state index in [1.165, 1.54) is 44.9 Å². The molecule has 0 aliphatic rings. The van der Waals surface area contributed by atoms with Gasteiger partial charge in [-0.1, -0.05) is 60.3 Å². The molecule has 0 spiro atoms. The van der Waals surface area contributed by atoms with Crippen LogP contribution in [0, 0.1) is 0 Å². The first-order valence-corrected chi connectivity index (χ1v) is 10.7.